The summed E-state index contributed by atoms with van der Waals surface area (Å²) >= 11 is 7.60. The SMILES string of the molecule is CP(=O)(O)CC(=O)N(C=Cc1ccccc1)c1csc2ccc(Cl)cc12. The molecule has 134 valence electrons. The zero-order valence-corrected chi connectivity index (χ0v) is 16.5. The van der Waals surface area contributed by atoms with Crippen LogP contribution in [-0.2, 0) is 9.36 Å². The molecule has 1 unspecified atom stereocenters. The Balaban J connectivity index is 2.04. The molecule has 1 heterocycles. The van der Waals surface area contributed by atoms with Crippen LogP contribution in [-0.4, -0.2) is 23.6 Å². The van der Waals surface area contributed by atoms with Crippen LogP contribution in [0, 0.1) is 0 Å². The average molecular weight is 406 g/mol. The Kier molecular flexibility index (Phi) is 5.64. The van der Waals surface area contributed by atoms with E-state index in [-0.39, 0.29) is 0 Å². The van der Waals surface area contributed by atoms with Crippen molar-refractivity contribution in [2.45, 2.75) is 0 Å². The summed E-state index contributed by atoms with van der Waals surface area (Å²) in [5.74, 6) is -0.440. The zero-order valence-electron chi connectivity index (χ0n) is 14.0. The van der Waals surface area contributed by atoms with Crippen molar-refractivity contribution in [3.63, 3.8) is 0 Å². The van der Waals surface area contributed by atoms with E-state index in [9.17, 15) is 14.3 Å². The Bertz CT molecular complexity index is 1010. The number of hydrogen-bond donors (Lipinski definition) is 1. The van der Waals surface area contributed by atoms with Gasteiger partial charge in [-0.3, -0.25) is 14.3 Å². The molecule has 0 saturated heterocycles. The van der Waals surface area contributed by atoms with Crippen molar-refractivity contribution in [2.24, 2.45) is 0 Å². The minimum absolute atomic E-state index is 0.427. The molecule has 0 aliphatic rings. The van der Waals surface area contributed by atoms with E-state index in [1.165, 1.54) is 22.9 Å². The predicted molar refractivity (Wildman–Crippen MR) is 110 cm³/mol. The number of halogens is 1. The lowest BCUT2D eigenvalue weighted by Gasteiger charge is -2.19. The van der Waals surface area contributed by atoms with Gasteiger partial charge in [-0.15, -0.1) is 11.3 Å². The van der Waals surface area contributed by atoms with E-state index in [0.717, 1.165) is 15.6 Å². The van der Waals surface area contributed by atoms with Gasteiger partial charge in [0.25, 0.3) is 0 Å². The highest BCUT2D eigenvalue weighted by Crippen LogP contribution is 2.39. The number of benzene rings is 2. The van der Waals surface area contributed by atoms with E-state index in [2.05, 4.69) is 0 Å². The number of hydrogen-bond acceptors (Lipinski definition) is 3. The second kappa shape index (κ2) is 7.77. The number of fused-ring (bicyclic) bond motifs is 1. The van der Waals surface area contributed by atoms with Gasteiger partial charge >= 0.3 is 0 Å². The standard InChI is InChI=1S/C19H17ClNO3PS/c1-25(23,24)12-19(22)21(10-9-14-5-3-2-4-6-14)17-13-26-18-8-7-15(20)11-16(17)18/h2-11,13H,12H2,1H3,(H,23,24). The highest BCUT2D eigenvalue weighted by molar-refractivity contribution is 7.58. The van der Waals surface area contributed by atoms with Crippen LogP contribution < -0.4 is 4.90 Å². The first kappa shape index (κ1) is 18.9. The van der Waals surface area contributed by atoms with Crippen LogP contribution in [0.2, 0.25) is 5.02 Å². The molecule has 0 aliphatic heterocycles. The quantitative estimate of drug-likeness (QED) is 0.573. The monoisotopic (exact) mass is 405 g/mol. The highest BCUT2D eigenvalue weighted by atomic mass is 35.5. The van der Waals surface area contributed by atoms with Crippen LogP contribution in [0.3, 0.4) is 0 Å². The summed E-state index contributed by atoms with van der Waals surface area (Å²) in [5.41, 5.74) is 1.57. The van der Waals surface area contributed by atoms with Crippen LogP contribution in [0.5, 0.6) is 0 Å². The molecule has 3 rings (SSSR count). The summed E-state index contributed by atoms with van der Waals surface area (Å²) in [6.07, 6.45) is 3.00. The van der Waals surface area contributed by atoms with Gasteiger partial charge in [0.05, 0.1) is 5.69 Å². The number of carbonyl (C=O) groups is 1. The molecule has 1 amide bonds. The number of nitrogens with zero attached hydrogens (tertiary/aromatic N) is 1. The summed E-state index contributed by atoms with van der Waals surface area (Å²) < 4.78 is 12.7. The predicted octanol–water partition coefficient (Wildman–Crippen LogP) is 5.46. The third kappa shape index (κ3) is 4.63. The molecule has 1 aromatic heterocycles. The van der Waals surface area contributed by atoms with Gasteiger partial charge in [-0.1, -0.05) is 41.9 Å². The van der Waals surface area contributed by atoms with Crippen molar-refractivity contribution in [1.82, 2.24) is 0 Å². The first-order valence-corrected chi connectivity index (χ1v) is 11.4. The van der Waals surface area contributed by atoms with E-state index < -0.39 is 19.4 Å². The normalized spacial score (nSPS) is 13.8. The van der Waals surface area contributed by atoms with Crippen molar-refractivity contribution < 1.29 is 14.3 Å². The largest absolute Gasteiger partial charge is 0.344 e. The Labute approximate surface area is 160 Å². The zero-order chi connectivity index (χ0) is 18.7. The number of carbonyl (C=O) groups excluding carboxylic acids is 1. The summed E-state index contributed by atoms with van der Waals surface area (Å²) in [4.78, 5) is 23.8. The molecule has 0 aliphatic carbocycles. The fraction of sp³-hybridized carbons (Fsp3) is 0.105. The van der Waals surface area contributed by atoms with Crippen molar-refractivity contribution >= 4 is 58.1 Å². The number of rotatable bonds is 5. The molecule has 2 aromatic carbocycles. The maximum absolute atomic E-state index is 12.7. The van der Waals surface area contributed by atoms with Crippen LogP contribution in [0.15, 0.2) is 60.1 Å². The average Bonchev–Trinajstić information content (AvgIpc) is 2.97. The molecule has 0 spiro atoms. The lowest BCUT2D eigenvalue weighted by molar-refractivity contribution is -0.115. The third-order valence-corrected chi connectivity index (χ3v) is 5.73. The lowest BCUT2D eigenvalue weighted by atomic mass is 10.2. The smallest absolute Gasteiger partial charge is 0.240 e. The molecule has 7 heteroatoms. The van der Waals surface area contributed by atoms with Crippen molar-refractivity contribution in [3.8, 4) is 0 Å². The number of thiophene rings is 1. The van der Waals surface area contributed by atoms with Gasteiger partial charge in [0.15, 0.2) is 0 Å². The molecule has 1 N–H and O–H groups in total. The van der Waals surface area contributed by atoms with Gasteiger partial charge in [0.1, 0.15) is 6.16 Å². The molecule has 0 radical (unpaired) electrons. The topological polar surface area (TPSA) is 57.6 Å². The summed E-state index contributed by atoms with van der Waals surface area (Å²) in [6.45, 7) is 1.19. The fourth-order valence-electron chi connectivity index (χ4n) is 2.52. The maximum Gasteiger partial charge on any atom is 0.240 e. The van der Waals surface area contributed by atoms with E-state index in [1.54, 1.807) is 24.4 Å². The van der Waals surface area contributed by atoms with Crippen molar-refractivity contribution in [1.29, 1.82) is 0 Å². The lowest BCUT2D eigenvalue weighted by Crippen LogP contribution is -2.27. The second-order valence-corrected chi connectivity index (χ2v) is 9.73. The Morgan fingerprint density at radius 1 is 1.27 bits per heavy atom. The van der Waals surface area contributed by atoms with Crippen molar-refractivity contribution in [2.75, 3.05) is 17.7 Å². The molecule has 26 heavy (non-hydrogen) atoms. The van der Waals surface area contributed by atoms with E-state index in [1.807, 2.05) is 41.8 Å². The van der Waals surface area contributed by atoms with Crippen LogP contribution in [0.25, 0.3) is 16.2 Å². The molecular weight excluding hydrogens is 389 g/mol. The molecule has 3 aromatic rings. The second-order valence-electron chi connectivity index (χ2n) is 5.96. The Morgan fingerprint density at radius 2 is 2.00 bits per heavy atom. The van der Waals surface area contributed by atoms with Crippen LogP contribution >= 0.6 is 30.3 Å². The molecule has 0 bridgehead atoms. The molecule has 1 atom stereocenters. The molecule has 4 nitrogen and oxygen atoms in total. The number of anilines is 1. The van der Waals surface area contributed by atoms with Gasteiger partial charge in [-0.05, 0) is 29.8 Å². The van der Waals surface area contributed by atoms with E-state index in [0.29, 0.717) is 10.7 Å². The van der Waals surface area contributed by atoms with Gasteiger partial charge in [-0.25, -0.2) is 0 Å². The first-order chi connectivity index (χ1) is 12.3. The van der Waals surface area contributed by atoms with Gasteiger partial charge in [0.2, 0.25) is 13.3 Å². The fourth-order valence-corrected chi connectivity index (χ4v) is 4.27. The highest BCUT2D eigenvalue weighted by Gasteiger charge is 2.23. The van der Waals surface area contributed by atoms with Crippen LogP contribution in [0.1, 0.15) is 5.56 Å². The van der Waals surface area contributed by atoms with E-state index >= 15 is 0 Å². The van der Waals surface area contributed by atoms with E-state index in [4.69, 9.17) is 11.6 Å². The number of amides is 1. The van der Waals surface area contributed by atoms with Crippen molar-refractivity contribution in [3.05, 3.63) is 70.7 Å². The maximum atomic E-state index is 12.7. The summed E-state index contributed by atoms with van der Waals surface area (Å²) in [5, 5.41) is 3.25. The molecule has 0 fully saturated rings. The minimum atomic E-state index is -3.49. The summed E-state index contributed by atoms with van der Waals surface area (Å²) in [6, 6.07) is 15.0. The third-order valence-electron chi connectivity index (χ3n) is 3.69. The van der Waals surface area contributed by atoms with Crippen LogP contribution in [0.4, 0.5) is 5.69 Å². The molecular formula is C19H17ClNO3PS. The Morgan fingerprint density at radius 3 is 2.69 bits per heavy atom. The van der Waals surface area contributed by atoms with Gasteiger partial charge < -0.3 is 4.89 Å². The van der Waals surface area contributed by atoms with Gasteiger partial charge in [-0.2, -0.15) is 0 Å². The van der Waals surface area contributed by atoms with Gasteiger partial charge in [0, 0.05) is 33.4 Å². The summed E-state index contributed by atoms with van der Waals surface area (Å²) in [7, 11) is -3.49. The Hall–Kier alpha value is -1.91. The molecule has 0 saturated carbocycles. The minimum Gasteiger partial charge on any atom is -0.344 e. The first-order valence-electron chi connectivity index (χ1n) is 7.85.